The van der Waals surface area contributed by atoms with Gasteiger partial charge in [-0.2, -0.15) is 4.80 Å². The quantitative estimate of drug-likeness (QED) is 0.487. The Morgan fingerprint density at radius 2 is 2.36 bits per heavy atom. The molecule has 1 aromatic rings. The van der Waals surface area contributed by atoms with Crippen molar-refractivity contribution in [3.05, 3.63) is 5.82 Å². The number of unbranched alkanes of at least 4 members (excludes halogenated alkanes) is 1. The average molecular weight is 198 g/mol. The lowest BCUT2D eigenvalue weighted by molar-refractivity contribution is 0.464. The van der Waals surface area contributed by atoms with Gasteiger partial charge in [-0.25, -0.2) is 0 Å². The molecule has 0 aliphatic carbocycles. The third-order valence-electron chi connectivity index (χ3n) is 2.12. The topological polar surface area (TPSA) is 81.7 Å². The van der Waals surface area contributed by atoms with Gasteiger partial charge in [-0.15, -0.1) is 10.2 Å². The summed E-state index contributed by atoms with van der Waals surface area (Å²) in [5, 5.41) is 11.8. The molecule has 6 heteroatoms. The lowest BCUT2D eigenvalue weighted by atomic mass is 10.1. The Labute approximate surface area is 83.8 Å². The van der Waals surface area contributed by atoms with E-state index in [-0.39, 0.29) is 6.04 Å². The highest BCUT2D eigenvalue weighted by Crippen LogP contribution is 2.03. The molecule has 0 saturated carbocycles. The second kappa shape index (κ2) is 5.66. The number of rotatable bonds is 6. The molecule has 0 spiro atoms. The molecule has 1 rings (SSSR count). The van der Waals surface area contributed by atoms with Gasteiger partial charge in [-0.3, -0.25) is 11.3 Å². The molecule has 14 heavy (non-hydrogen) atoms. The molecule has 1 atom stereocenters. The van der Waals surface area contributed by atoms with E-state index < -0.39 is 0 Å². The van der Waals surface area contributed by atoms with Crippen LogP contribution in [0, 0.1) is 0 Å². The molecule has 0 amide bonds. The van der Waals surface area contributed by atoms with Crippen molar-refractivity contribution in [2.45, 2.75) is 38.6 Å². The maximum absolute atomic E-state index is 5.44. The van der Waals surface area contributed by atoms with Crippen molar-refractivity contribution >= 4 is 0 Å². The van der Waals surface area contributed by atoms with E-state index in [0.29, 0.717) is 0 Å². The lowest BCUT2D eigenvalue weighted by Gasteiger charge is -2.12. The first-order valence-corrected chi connectivity index (χ1v) is 4.95. The molecule has 1 heterocycles. The smallest absolute Gasteiger partial charge is 0.176 e. The van der Waals surface area contributed by atoms with Crippen LogP contribution in [0.3, 0.4) is 0 Å². The number of aryl methyl sites for hydroxylation is 1. The van der Waals surface area contributed by atoms with E-state index in [2.05, 4.69) is 27.8 Å². The van der Waals surface area contributed by atoms with Crippen LogP contribution < -0.4 is 11.3 Å². The van der Waals surface area contributed by atoms with Crippen molar-refractivity contribution < 1.29 is 0 Å². The number of hydrazine groups is 1. The van der Waals surface area contributed by atoms with Crippen molar-refractivity contribution in [3.8, 4) is 0 Å². The summed E-state index contributed by atoms with van der Waals surface area (Å²) in [4.78, 5) is 1.46. The summed E-state index contributed by atoms with van der Waals surface area (Å²) in [6, 6.07) is 0.249. The molecule has 6 nitrogen and oxygen atoms in total. The molecule has 0 bridgehead atoms. The van der Waals surface area contributed by atoms with Gasteiger partial charge in [-0.1, -0.05) is 19.8 Å². The van der Waals surface area contributed by atoms with Gasteiger partial charge >= 0.3 is 0 Å². The molecular formula is C8H18N6. The number of hydrogen-bond donors (Lipinski definition) is 2. The Kier molecular flexibility index (Phi) is 4.48. The van der Waals surface area contributed by atoms with Crippen molar-refractivity contribution in [3.63, 3.8) is 0 Å². The Morgan fingerprint density at radius 3 is 2.86 bits per heavy atom. The number of nitrogens with one attached hydrogen (secondary N) is 1. The Balaban J connectivity index is 2.40. The number of nitrogens with two attached hydrogens (primary N) is 1. The molecule has 1 aromatic heterocycles. The van der Waals surface area contributed by atoms with Gasteiger partial charge in [0.1, 0.15) is 0 Å². The van der Waals surface area contributed by atoms with Crippen molar-refractivity contribution in [2.75, 3.05) is 0 Å². The molecule has 0 fully saturated rings. The van der Waals surface area contributed by atoms with Crippen LogP contribution in [0.5, 0.6) is 0 Å². The van der Waals surface area contributed by atoms with Gasteiger partial charge in [0.25, 0.3) is 0 Å². The minimum Gasteiger partial charge on any atom is -0.271 e. The molecule has 1 unspecified atom stereocenters. The van der Waals surface area contributed by atoms with Crippen molar-refractivity contribution in [1.82, 2.24) is 25.6 Å². The minimum atomic E-state index is 0.249. The molecular weight excluding hydrogens is 180 g/mol. The van der Waals surface area contributed by atoms with Crippen LogP contribution in [-0.2, 0) is 13.5 Å². The van der Waals surface area contributed by atoms with Gasteiger partial charge in [0.05, 0.1) is 7.05 Å². The average Bonchev–Trinajstić information content (AvgIpc) is 2.58. The first kappa shape index (κ1) is 11.1. The van der Waals surface area contributed by atoms with E-state index in [1.807, 2.05) is 0 Å². The molecule has 80 valence electrons. The van der Waals surface area contributed by atoms with Crippen LogP contribution in [0.15, 0.2) is 0 Å². The van der Waals surface area contributed by atoms with E-state index in [4.69, 9.17) is 5.84 Å². The van der Waals surface area contributed by atoms with Crippen molar-refractivity contribution in [2.24, 2.45) is 12.9 Å². The zero-order valence-electron chi connectivity index (χ0n) is 8.77. The molecule has 0 saturated heterocycles. The first-order valence-electron chi connectivity index (χ1n) is 4.95. The van der Waals surface area contributed by atoms with Crippen LogP contribution in [0.2, 0.25) is 0 Å². The van der Waals surface area contributed by atoms with Gasteiger partial charge in [0.15, 0.2) is 5.82 Å². The number of nitrogens with zero attached hydrogens (tertiary/aromatic N) is 4. The molecule has 0 aliphatic heterocycles. The van der Waals surface area contributed by atoms with Crippen LogP contribution in [0.25, 0.3) is 0 Å². The standard InChI is InChI=1S/C8H18N6/c1-3-4-5-7(10-9)6-8-11-13-14(2)12-8/h7,10H,3-6,9H2,1-2H3. The summed E-state index contributed by atoms with van der Waals surface area (Å²) in [6.45, 7) is 2.16. The van der Waals surface area contributed by atoms with Gasteiger partial charge in [0.2, 0.25) is 0 Å². The Bertz CT molecular complexity index is 258. The monoisotopic (exact) mass is 198 g/mol. The fraction of sp³-hybridized carbons (Fsp3) is 0.875. The first-order chi connectivity index (χ1) is 6.76. The third kappa shape index (κ3) is 3.39. The summed E-state index contributed by atoms with van der Waals surface area (Å²) in [5.41, 5.74) is 2.78. The fourth-order valence-electron chi connectivity index (χ4n) is 1.32. The highest BCUT2D eigenvalue weighted by molar-refractivity contribution is 4.83. The Morgan fingerprint density at radius 1 is 1.57 bits per heavy atom. The second-order valence-electron chi connectivity index (χ2n) is 3.41. The largest absolute Gasteiger partial charge is 0.271 e. The Hall–Kier alpha value is -1.01. The normalized spacial score (nSPS) is 13.1. The highest BCUT2D eigenvalue weighted by atomic mass is 15.6. The van der Waals surface area contributed by atoms with Crippen molar-refractivity contribution in [1.29, 1.82) is 0 Å². The summed E-state index contributed by atoms with van der Waals surface area (Å²) in [5.74, 6) is 6.18. The third-order valence-corrected chi connectivity index (χ3v) is 2.12. The van der Waals surface area contributed by atoms with Gasteiger partial charge < -0.3 is 0 Å². The second-order valence-corrected chi connectivity index (χ2v) is 3.41. The molecule has 0 radical (unpaired) electrons. The molecule has 0 aliphatic rings. The van der Waals surface area contributed by atoms with Gasteiger partial charge in [0, 0.05) is 12.5 Å². The van der Waals surface area contributed by atoms with E-state index in [1.165, 1.54) is 11.2 Å². The number of hydrogen-bond acceptors (Lipinski definition) is 5. The molecule has 3 N–H and O–H groups in total. The lowest BCUT2D eigenvalue weighted by Crippen LogP contribution is -2.37. The molecule has 0 aromatic carbocycles. The number of tetrazole rings is 1. The zero-order chi connectivity index (χ0) is 10.4. The summed E-state index contributed by atoms with van der Waals surface area (Å²) < 4.78 is 0. The maximum Gasteiger partial charge on any atom is 0.176 e. The van der Waals surface area contributed by atoms with Crippen LogP contribution in [0.1, 0.15) is 32.0 Å². The highest BCUT2D eigenvalue weighted by Gasteiger charge is 2.10. The predicted molar refractivity (Wildman–Crippen MR) is 53.1 cm³/mol. The van der Waals surface area contributed by atoms with E-state index in [9.17, 15) is 0 Å². The van der Waals surface area contributed by atoms with Crippen LogP contribution >= 0.6 is 0 Å². The fourth-order valence-corrected chi connectivity index (χ4v) is 1.32. The predicted octanol–water partition coefficient (Wildman–Crippen LogP) is -0.225. The van der Waals surface area contributed by atoms with E-state index >= 15 is 0 Å². The summed E-state index contributed by atoms with van der Waals surface area (Å²) in [6.07, 6.45) is 4.12. The van der Waals surface area contributed by atoms with Crippen LogP contribution in [-0.4, -0.2) is 26.2 Å². The van der Waals surface area contributed by atoms with Crippen LogP contribution in [0.4, 0.5) is 0 Å². The summed E-state index contributed by atoms with van der Waals surface area (Å²) >= 11 is 0. The minimum absolute atomic E-state index is 0.249. The zero-order valence-corrected chi connectivity index (χ0v) is 8.77. The summed E-state index contributed by atoms with van der Waals surface area (Å²) in [7, 11) is 1.76. The maximum atomic E-state index is 5.44. The SMILES string of the molecule is CCCCC(Cc1nnn(C)n1)NN. The van der Waals surface area contributed by atoms with E-state index in [1.54, 1.807) is 7.05 Å². The van der Waals surface area contributed by atoms with E-state index in [0.717, 1.165) is 25.1 Å². The van der Waals surface area contributed by atoms with Gasteiger partial charge in [-0.05, 0) is 11.6 Å². The number of aromatic nitrogens is 4.